The Morgan fingerprint density at radius 2 is 2.38 bits per heavy atom. The Bertz CT molecular complexity index is 412. The van der Waals surface area contributed by atoms with Crippen LogP contribution in [0.4, 0.5) is 5.13 Å². The van der Waals surface area contributed by atoms with Crippen LogP contribution in [0.2, 0.25) is 0 Å². The monoisotopic (exact) mass is 239 g/mol. The summed E-state index contributed by atoms with van der Waals surface area (Å²) >= 11 is 1.20. The molecule has 86 valence electrons. The first kappa shape index (κ1) is 12.4. The van der Waals surface area contributed by atoms with Crippen LogP contribution in [0.5, 0.6) is 0 Å². The molecule has 0 radical (unpaired) electrons. The average Bonchev–Trinajstić information content (AvgIpc) is 2.61. The van der Waals surface area contributed by atoms with Crippen LogP contribution in [0, 0.1) is 0 Å². The van der Waals surface area contributed by atoms with Crippen LogP contribution in [0.1, 0.15) is 19.0 Å². The van der Waals surface area contributed by atoms with Crippen molar-refractivity contribution in [3.8, 4) is 0 Å². The van der Waals surface area contributed by atoms with Crippen molar-refractivity contribution in [2.24, 2.45) is 0 Å². The van der Waals surface area contributed by atoms with Gasteiger partial charge in [-0.25, -0.2) is 4.98 Å². The number of amides is 1. The lowest BCUT2D eigenvalue weighted by Gasteiger charge is -1.98. The maximum absolute atomic E-state index is 11.3. The number of aromatic nitrogens is 1. The average molecular weight is 239 g/mol. The molecule has 6 heteroatoms. The molecule has 5 nitrogen and oxygen atoms in total. The largest absolute Gasteiger partial charge is 0.550 e. The predicted octanol–water partition coefficient (Wildman–Crippen LogP) is 0.340. The third kappa shape index (κ3) is 4.22. The van der Waals surface area contributed by atoms with Crippen molar-refractivity contribution in [3.63, 3.8) is 0 Å². The number of carbonyl (C=O) groups is 2. The summed E-state index contributed by atoms with van der Waals surface area (Å²) in [7, 11) is 0. The van der Waals surface area contributed by atoms with Gasteiger partial charge in [0.05, 0.1) is 5.69 Å². The topological polar surface area (TPSA) is 82.1 Å². The zero-order valence-electron chi connectivity index (χ0n) is 8.73. The molecule has 1 heterocycles. The zero-order chi connectivity index (χ0) is 12.0. The lowest BCUT2D eigenvalue weighted by molar-refractivity contribution is -0.304. The molecule has 1 aromatic rings. The molecule has 0 spiro atoms. The van der Waals surface area contributed by atoms with E-state index in [0.29, 0.717) is 10.8 Å². The summed E-state index contributed by atoms with van der Waals surface area (Å²) in [4.78, 5) is 25.5. The number of allylic oxidation sites excluding steroid dienone is 1. The number of nitrogens with one attached hydrogen (secondary N) is 1. The summed E-state index contributed by atoms with van der Waals surface area (Å²) in [6.07, 6.45) is 3.56. The van der Waals surface area contributed by atoms with Gasteiger partial charge in [-0.2, -0.15) is 0 Å². The molecule has 0 fully saturated rings. The maximum Gasteiger partial charge on any atom is 0.229 e. The molecule has 0 aliphatic carbocycles. The minimum atomic E-state index is -1.18. The smallest absolute Gasteiger partial charge is 0.229 e. The standard InChI is InChI=1S/C10H12N2O3S/c1-2-3-4-8(13)12-10-11-7(6-16-10)5-9(14)15/h2-3,6H,4-5H2,1H3,(H,14,15)(H,11,12,13)/p-1/b3-2+. The first-order chi connectivity index (χ1) is 7.61. The molecular weight excluding hydrogens is 228 g/mol. The van der Waals surface area contributed by atoms with Gasteiger partial charge in [0.1, 0.15) is 0 Å². The highest BCUT2D eigenvalue weighted by Crippen LogP contribution is 2.15. The lowest BCUT2D eigenvalue weighted by Crippen LogP contribution is -2.24. The summed E-state index contributed by atoms with van der Waals surface area (Å²) in [6.45, 7) is 1.83. The Morgan fingerprint density at radius 3 is 3.00 bits per heavy atom. The molecule has 1 N–H and O–H groups in total. The summed E-state index contributed by atoms with van der Waals surface area (Å²) in [5.74, 6) is -1.36. The van der Waals surface area contributed by atoms with E-state index in [2.05, 4.69) is 10.3 Å². The number of aliphatic carboxylic acids is 1. The number of hydrogen-bond donors (Lipinski definition) is 1. The van der Waals surface area contributed by atoms with Crippen molar-refractivity contribution in [1.29, 1.82) is 0 Å². The number of hydrogen-bond acceptors (Lipinski definition) is 5. The van der Waals surface area contributed by atoms with E-state index in [9.17, 15) is 14.7 Å². The third-order valence-corrected chi connectivity index (χ3v) is 2.47. The van der Waals surface area contributed by atoms with Gasteiger partial charge in [-0.05, 0) is 6.92 Å². The highest BCUT2D eigenvalue weighted by atomic mass is 32.1. The van der Waals surface area contributed by atoms with Crippen molar-refractivity contribution < 1.29 is 14.7 Å². The minimum absolute atomic E-state index is 0.174. The fourth-order valence-corrected chi connectivity index (χ4v) is 1.72. The molecule has 0 saturated heterocycles. The minimum Gasteiger partial charge on any atom is -0.550 e. The fourth-order valence-electron chi connectivity index (χ4n) is 0.989. The van der Waals surface area contributed by atoms with Gasteiger partial charge in [-0.1, -0.05) is 12.2 Å². The van der Waals surface area contributed by atoms with E-state index >= 15 is 0 Å². The molecule has 0 aliphatic heterocycles. The van der Waals surface area contributed by atoms with Crippen LogP contribution < -0.4 is 10.4 Å². The van der Waals surface area contributed by atoms with E-state index in [1.165, 1.54) is 11.3 Å². The lowest BCUT2D eigenvalue weighted by atomic mass is 10.3. The number of nitrogens with zero attached hydrogens (tertiary/aromatic N) is 1. The molecule has 0 saturated carbocycles. The normalized spacial score (nSPS) is 10.6. The van der Waals surface area contributed by atoms with Crippen LogP contribution in [0.15, 0.2) is 17.5 Å². The molecule has 0 bridgehead atoms. The first-order valence-electron chi connectivity index (χ1n) is 4.67. The van der Waals surface area contributed by atoms with Crippen LogP contribution >= 0.6 is 11.3 Å². The molecular formula is C10H11N2O3S-. The number of carbonyl (C=O) groups excluding carboxylic acids is 2. The zero-order valence-corrected chi connectivity index (χ0v) is 9.54. The van der Waals surface area contributed by atoms with Gasteiger partial charge in [-0.3, -0.25) is 4.79 Å². The quantitative estimate of drug-likeness (QED) is 0.751. The van der Waals surface area contributed by atoms with E-state index in [1.807, 2.05) is 6.92 Å². The Morgan fingerprint density at radius 1 is 1.62 bits per heavy atom. The second kappa shape index (κ2) is 6.02. The van der Waals surface area contributed by atoms with E-state index in [4.69, 9.17) is 0 Å². The van der Waals surface area contributed by atoms with Gasteiger partial charge < -0.3 is 15.2 Å². The number of thiazole rings is 1. The number of rotatable bonds is 5. The van der Waals surface area contributed by atoms with E-state index < -0.39 is 5.97 Å². The van der Waals surface area contributed by atoms with Gasteiger partial charge in [0.15, 0.2) is 5.13 Å². The fraction of sp³-hybridized carbons (Fsp3) is 0.300. The molecule has 0 aliphatic rings. The number of anilines is 1. The summed E-state index contributed by atoms with van der Waals surface area (Å²) in [5, 5.41) is 14.9. The summed E-state index contributed by atoms with van der Waals surface area (Å²) in [6, 6.07) is 0. The molecule has 0 atom stereocenters. The molecule has 0 aromatic carbocycles. The van der Waals surface area contributed by atoms with Gasteiger partial charge in [0.2, 0.25) is 5.91 Å². The van der Waals surface area contributed by atoms with Crippen LogP contribution in [-0.4, -0.2) is 16.9 Å². The van der Waals surface area contributed by atoms with Crippen molar-refractivity contribution >= 4 is 28.3 Å². The molecule has 1 aromatic heterocycles. The summed E-state index contributed by atoms with van der Waals surface area (Å²) in [5.41, 5.74) is 0.395. The van der Waals surface area contributed by atoms with Crippen LogP contribution in [-0.2, 0) is 16.0 Å². The maximum atomic E-state index is 11.3. The summed E-state index contributed by atoms with van der Waals surface area (Å²) < 4.78 is 0. The second-order valence-electron chi connectivity index (χ2n) is 3.01. The number of carboxylic acids is 1. The Balaban J connectivity index is 2.51. The molecule has 1 rings (SSSR count). The van der Waals surface area contributed by atoms with Gasteiger partial charge >= 0.3 is 0 Å². The van der Waals surface area contributed by atoms with Gasteiger partial charge in [-0.15, -0.1) is 11.3 Å². The van der Waals surface area contributed by atoms with Gasteiger partial charge in [0, 0.05) is 24.2 Å². The van der Waals surface area contributed by atoms with E-state index in [1.54, 1.807) is 17.5 Å². The van der Waals surface area contributed by atoms with Crippen LogP contribution in [0.25, 0.3) is 0 Å². The van der Waals surface area contributed by atoms with Crippen molar-refractivity contribution in [2.75, 3.05) is 5.32 Å². The van der Waals surface area contributed by atoms with E-state index in [-0.39, 0.29) is 18.7 Å². The Kier molecular flexibility index (Phi) is 4.65. The molecule has 0 unspecified atom stereocenters. The highest BCUT2D eigenvalue weighted by Gasteiger charge is 2.05. The van der Waals surface area contributed by atoms with Crippen molar-refractivity contribution in [1.82, 2.24) is 4.98 Å². The third-order valence-electron chi connectivity index (χ3n) is 1.66. The SMILES string of the molecule is C/C=C/CC(=O)Nc1nc(CC(=O)[O-])cs1. The van der Waals surface area contributed by atoms with Crippen molar-refractivity contribution in [3.05, 3.63) is 23.2 Å². The highest BCUT2D eigenvalue weighted by molar-refractivity contribution is 7.13. The Labute approximate surface area is 96.8 Å². The van der Waals surface area contributed by atoms with Crippen molar-refractivity contribution in [2.45, 2.75) is 19.8 Å². The van der Waals surface area contributed by atoms with Gasteiger partial charge in [0.25, 0.3) is 0 Å². The first-order valence-corrected chi connectivity index (χ1v) is 5.55. The molecule has 16 heavy (non-hydrogen) atoms. The Hall–Kier alpha value is -1.69. The van der Waals surface area contributed by atoms with Crippen LogP contribution in [0.3, 0.4) is 0 Å². The number of carboxylic acid groups (broad SMARTS) is 1. The molecule has 1 amide bonds. The van der Waals surface area contributed by atoms with E-state index in [0.717, 1.165) is 0 Å². The second-order valence-corrected chi connectivity index (χ2v) is 3.87. The predicted molar refractivity (Wildman–Crippen MR) is 58.9 cm³/mol.